The van der Waals surface area contributed by atoms with Gasteiger partial charge in [-0.2, -0.15) is 0 Å². The summed E-state index contributed by atoms with van der Waals surface area (Å²) in [5.74, 6) is 0.407. The van der Waals surface area contributed by atoms with E-state index in [1.54, 1.807) is 6.20 Å². The topological polar surface area (TPSA) is 50.3 Å². The first-order valence-corrected chi connectivity index (χ1v) is 10.2. The van der Waals surface area contributed by atoms with E-state index in [4.69, 9.17) is 11.6 Å². The highest BCUT2D eigenvalue weighted by atomic mass is 79.9. The first-order chi connectivity index (χ1) is 10.2. The predicted octanol–water partition coefficient (Wildman–Crippen LogP) is 3.52. The SMILES string of the molecule is C[C@@H]1[C@@H](CS(C)(=O)=O)CN1c1cc(Br)cc2cc(Cl)ncc12. The van der Waals surface area contributed by atoms with Gasteiger partial charge in [0, 0.05) is 46.5 Å². The van der Waals surface area contributed by atoms with Crippen molar-refractivity contribution < 1.29 is 8.42 Å². The average molecular weight is 404 g/mol. The van der Waals surface area contributed by atoms with Gasteiger partial charge in [0.2, 0.25) is 0 Å². The van der Waals surface area contributed by atoms with Crippen LogP contribution in [-0.2, 0) is 9.84 Å². The van der Waals surface area contributed by atoms with Crippen LogP contribution in [0.2, 0.25) is 5.15 Å². The highest BCUT2D eigenvalue weighted by Crippen LogP contribution is 2.38. The van der Waals surface area contributed by atoms with E-state index in [0.29, 0.717) is 5.15 Å². The van der Waals surface area contributed by atoms with E-state index < -0.39 is 9.84 Å². The number of benzene rings is 1. The summed E-state index contributed by atoms with van der Waals surface area (Å²) in [5, 5.41) is 2.50. The van der Waals surface area contributed by atoms with Gasteiger partial charge in [-0.3, -0.25) is 0 Å². The first-order valence-electron chi connectivity index (χ1n) is 6.94. The fourth-order valence-corrected chi connectivity index (χ4v) is 4.79. The molecule has 1 aromatic heterocycles. The zero-order chi connectivity index (χ0) is 16.1. The molecule has 1 aliphatic rings. The van der Waals surface area contributed by atoms with Gasteiger partial charge in [-0.25, -0.2) is 13.4 Å². The van der Waals surface area contributed by atoms with Crippen LogP contribution in [0.3, 0.4) is 0 Å². The van der Waals surface area contributed by atoms with Gasteiger partial charge in [0.25, 0.3) is 0 Å². The molecule has 2 atom stereocenters. The van der Waals surface area contributed by atoms with Gasteiger partial charge < -0.3 is 4.90 Å². The van der Waals surface area contributed by atoms with E-state index in [0.717, 1.165) is 27.5 Å². The monoisotopic (exact) mass is 402 g/mol. The second-order valence-corrected chi connectivity index (χ2v) is 9.39. The Morgan fingerprint density at radius 2 is 2.14 bits per heavy atom. The normalized spacial score (nSPS) is 21.9. The van der Waals surface area contributed by atoms with Crippen LogP contribution in [0.25, 0.3) is 10.8 Å². The fourth-order valence-electron chi connectivity index (χ4n) is 3.00. The molecule has 4 nitrogen and oxygen atoms in total. The Kier molecular flexibility index (Phi) is 4.12. The van der Waals surface area contributed by atoms with Gasteiger partial charge in [0.05, 0.1) is 5.75 Å². The molecular formula is C15H16BrClN2O2S. The Bertz CT molecular complexity index is 836. The number of aromatic nitrogens is 1. The summed E-state index contributed by atoms with van der Waals surface area (Å²) in [7, 11) is -2.94. The van der Waals surface area contributed by atoms with Crippen molar-refractivity contribution in [2.24, 2.45) is 5.92 Å². The fraction of sp³-hybridized carbons (Fsp3) is 0.400. The van der Waals surface area contributed by atoms with Crippen molar-refractivity contribution in [3.8, 4) is 0 Å². The number of rotatable bonds is 3. The van der Waals surface area contributed by atoms with Crippen LogP contribution < -0.4 is 4.90 Å². The molecule has 118 valence electrons. The largest absolute Gasteiger partial charge is 0.367 e. The van der Waals surface area contributed by atoms with E-state index in [1.165, 1.54) is 6.26 Å². The van der Waals surface area contributed by atoms with Gasteiger partial charge in [-0.15, -0.1) is 0 Å². The molecular weight excluding hydrogens is 388 g/mol. The molecule has 0 saturated carbocycles. The van der Waals surface area contributed by atoms with Crippen molar-refractivity contribution >= 4 is 53.8 Å². The van der Waals surface area contributed by atoms with Crippen LogP contribution in [-0.4, -0.2) is 38.0 Å². The molecule has 3 rings (SSSR count). The van der Waals surface area contributed by atoms with Crippen LogP contribution >= 0.6 is 27.5 Å². The maximum Gasteiger partial charge on any atom is 0.147 e. The molecule has 2 heterocycles. The molecule has 2 aromatic rings. The lowest BCUT2D eigenvalue weighted by molar-refractivity contribution is 0.342. The van der Waals surface area contributed by atoms with Crippen LogP contribution in [0.15, 0.2) is 28.9 Å². The summed E-state index contributed by atoms with van der Waals surface area (Å²) in [6, 6.07) is 6.07. The van der Waals surface area contributed by atoms with E-state index in [1.807, 2.05) is 18.2 Å². The second kappa shape index (κ2) is 5.65. The molecule has 0 N–H and O–H groups in total. The van der Waals surface area contributed by atoms with E-state index in [-0.39, 0.29) is 17.7 Å². The van der Waals surface area contributed by atoms with Crippen molar-refractivity contribution in [3.05, 3.63) is 34.0 Å². The van der Waals surface area contributed by atoms with Crippen molar-refractivity contribution in [1.29, 1.82) is 0 Å². The lowest BCUT2D eigenvalue weighted by Crippen LogP contribution is -2.57. The molecule has 0 radical (unpaired) electrons. The number of halogens is 2. The predicted molar refractivity (Wildman–Crippen MR) is 94.5 cm³/mol. The highest BCUT2D eigenvalue weighted by Gasteiger charge is 2.38. The molecule has 0 bridgehead atoms. The summed E-state index contributed by atoms with van der Waals surface area (Å²) in [5.41, 5.74) is 1.06. The summed E-state index contributed by atoms with van der Waals surface area (Å²) in [6.45, 7) is 2.80. The highest BCUT2D eigenvalue weighted by molar-refractivity contribution is 9.10. The molecule has 1 aromatic carbocycles. The smallest absolute Gasteiger partial charge is 0.147 e. The number of pyridine rings is 1. The summed E-state index contributed by atoms with van der Waals surface area (Å²) in [6.07, 6.45) is 3.07. The van der Waals surface area contributed by atoms with Crippen molar-refractivity contribution in [1.82, 2.24) is 4.98 Å². The minimum atomic E-state index is -2.94. The minimum Gasteiger partial charge on any atom is -0.367 e. The lowest BCUT2D eigenvalue weighted by Gasteiger charge is -2.48. The van der Waals surface area contributed by atoms with E-state index >= 15 is 0 Å². The number of hydrogen-bond acceptors (Lipinski definition) is 4. The van der Waals surface area contributed by atoms with Crippen LogP contribution in [0.4, 0.5) is 5.69 Å². The number of anilines is 1. The van der Waals surface area contributed by atoms with E-state index in [2.05, 4.69) is 32.7 Å². The standard InChI is InChI=1S/C15H16BrClN2O2S/c1-9-11(8-22(2,20)21)7-19(9)14-5-12(16)3-10-4-15(17)18-6-13(10)14/h3-6,9,11H,7-8H2,1-2H3/t9-,11-/m1/s1. The van der Waals surface area contributed by atoms with Crippen molar-refractivity contribution in [2.45, 2.75) is 13.0 Å². The Morgan fingerprint density at radius 3 is 2.77 bits per heavy atom. The molecule has 0 aliphatic carbocycles. The maximum atomic E-state index is 11.5. The van der Waals surface area contributed by atoms with Gasteiger partial charge in [0.1, 0.15) is 15.0 Å². The van der Waals surface area contributed by atoms with Gasteiger partial charge in [-0.1, -0.05) is 27.5 Å². The zero-order valence-electron chi connectivity index (χ0n) is 12.3. The van der Waals surface area contributed by atoms with Gasteiger partial charge >= 0.3 is 0 Å². The number of hydrogen-bond donors (Lipinski definition) is 0. The first kappa shape index (κ1) is 16.0. The van der Waals surface area contributed by atoms with Crippen molar-refractivity contribution in [3.63, 3.8) is 0 Å². The van der Waals surface area contributed by atoms with Crippen molar-refractivity contribution in [2.75, 3.05) is 23.5 Å². The molecule has 1 aliphatic heterocycles. The molecule has 22 heavy (non-hydrogen) atoms. The Hall–Kier alpha value is -0.850. The Labute approximate surface area is 143 Å². The van der Waals surface area contributed by atoms with Gasteiger partial charge in [-0.05, 0) is 30.5 Å². The van der Waals surface area contributed by atoms with Crippen LogP contribution in [0.5, 0.6) is 0 Å². The third kappa shape index (κ3) is 3.09. The minimum absolute atomic E-state index is 0.171. The lowest BCUT2D eigenvalue weighted by atomic mass is 9.90. The maximum absolute atomic E-state index is 11.5. The number of nitrogens with zero attached hydrogens (tertiary/aromatic N) is 2. The average Bonchev–Trinajstić information content (AvgIpc) is 2.40. The third-order valence-electron chi connectivity index (χ3n) is 4.18. The summed E-state index contributed by atoms with van der Waals surface area (Å²) < 4.78 is 23.9. The zero-order valence-corrected chi connectivity index (χ0v) is 15.4. The molecule has 1 fully saturated rings. The number of sulfone groups is 1. The van der Waals surface area contributed by atoms with Crippen LogP contribution in [0, 0.1) is 5.92 Å². The number of fused-ring (bicyclic) bond motifs is 1. The summed E-state index contributed by atoms with van der Waals surface area (Å²) in [4.78, 5) is 6.39. The summed E-state index contributed by atoms with van der Waals surface area (Å²) >= 11 is 9.50. The Balaban J connectivity index is 1.95. The molecule has 0 unspecified atom stereocenters. The molecule has 1 saturated heterocycles. The van der Waals surface area contributed by atoms with Crippen LogP contribution in [0.1, 0.15) is 6.92 Å². The Morgan fingerprint density at radius 1 is 1.41 bits per heavy atom. The van der Waals surface area contributed by atoms with E-state index in [9.17, 15) is 8.42 Å². The molecule has 7 heteroatoms. The molecule has 0 amide bonds. The molecule has 0 spiro atoms. The second-order valence-electron chi connectivity index (χ2n) is 5.90. The quantitative estimate of drug-likeness (QED) is 0.736. The van der Waals surface area contributed by atoms with Gasteiger partial charge in [0.15, 0.2) is 0 Å². The third-order valence-corrected chi connectivity index (χ3v) is 5.88.